The van der Waals surface area contributed by atoms with Crippen LogP contribution in [0.2, 0.25) is 15.1 Å². The van der Waals surface area contributed by atoms with Crippen molar-refractivity contribution in [1.82, 2.24) is 10.2 Å². The quantitative estimate of drug-likeness (QED) is 0.251. The average molecular weight is 590 g/mol. The SMILES string of the molecule is O=C(NC1CCCC1)C(Cc1ccccc1)N(Cc1ccc(Cl)c(Cl)c1)C(=O)CSCc1ccc(Cl)cc1. The summed E-state index contributed by atoms with van der Waals surface area (Å²) in [5, 5.41) is 4.78. The van der Waals surface area contributed by atoms with Crippen LogP contribution >= 0.6 is 46.6 Å². The summed E-state index contributed by atoms with van der Waals surface area (Å²) in [5.74, 6) is 0.696. The van der Waals surface area contributed by atoms with Crippen LogP contribution in [0.1, 0.15) is 42.4 Å². The Balaban J connectivity index is 1.57. The monoisotopic (exact) mass is 588 g/mol. The topological polar surface area (TPSA) is 49.4 Å². The first kappa shape index (κ1) is 28.8. The zero-order chi connectivity index (χ0) is 26.9. The number of carbonyl (C=O) groups is 2. The van der Waals surface area contributed by atoms with E-state index < -0.39 is 6.04 Å². The maximum Gasteiger partial charge on any atom is 0.243 e. The highest BCUT2D eigenvalue weighted by Gasteiger charge is 2.32. The minimum absolute atomic E-state index is 0.0995. The first-order valence-electron chi connectivity index (χ1n) is 12.8. The average Bonchev–Trinajstić information content (AvgIpc) is 3.43. The summed E-state index contributed by atoms with van der Waals surface area (Å²) < 4.78 is 0. The standard InChI is InChI=1S/C30H31Cl3N2O2S/c31-24-13-10-22(11-14-24)19-38-20-29(36)35(18-23-12-15-26(32)27(33)16-23)28(17-21-6-2-1-3-7-21)30(37)34-25-8-4-5-9-25/h1-3,6-7,10-16,25,28H,4-5,8-9,17-20H2,(H,34,37). The molecule has 2 amide bonds. The van der Waals surface area contributed by atoms with Crippen molar-refractivity contribution in [2.75, 3.05) is 5.75 Å². The van der Waals surface area contributed by atoms with Crippen LogP contribution in [0.5, 0.6) is 0 Å². The van der Waals surface area contributed by atoms with Gasteiger partial charge >= 0.3 is 0 Å². The van der Waals surface area contributed by atoms with Crippen LogP contribution in [0.3, 0.4) is 0 Å². The third-order valence-corrected chi connectivity index (χ3v) is 8.70. The summed E-state index contributed by atoms with van der Waals surface area (Å²) in [7, 11) is 0. The van der Waals surface area contributed by atoms with Crippen molar-refractivity contribution < 1.29 is 9.59 Å². The molecule has 1 aliphatic carbocycles. The fraction of sp³-hybridized carbons (Fsp3) is 0.333. The molecule has 0 aliphatic heterocycles. The van der Waals surface area contributed by atoms with Gasteiger partial charge < -0.3 is 10.2 Å². The number of hydrogen-bond donors (Lipinski definition) is 1. The molecule has 1 fully saturated rings. The van der Waals surface area contributed by atoms with Crippen LogP contribution in [0.4, 0.5) is 0 Å². The second kappa shape index (κ2) is 14.3. The van der Waals surface area contributed by atoms with Gasteiger partial charge in [0.05, 0.1) is 15.8 Å². The summed E-state index contributed by atoms with van der Waals surface area (Å²) in [6.07, 6.45) is 4.60. The fourth-order valence-corrected chi connectivity index (χ4v) is 5.99. The molecule has 0 spiro atoms. The smallest absolute Gasteiger partial charge is 0.243 e. The molecule has 3 aromatic carbocycles. The van der Waals surface area contributed by atoms with E-state index >= 15 is 0 Å². The summed E-state index contributed by atoms with van der Waals surface area (Å²) in [6, 6.07) is 22.3. The van der Waals surface area contributed by atoms with Gasteiger partial charge in [0.2, 0.25) is 11.8 Å². The summed E-state index contributed by atoms with van der Waals surface area (Å²) >= 11 is 20.0. The number of nitrogens with zero attached hydrogens (tertiary/aromatic N) is 1. The number of thioether (sulfide) groups is 1. The zero-order valence-electron chi connectivity index (χ0n) is 21.0. The maximum atomic E-state index is 13.8. The Labute approximate surface area is 244 Å². The highest BCUT2D eigenvalue weighted by molar-refractivity contribution is 7.99. The number of halogens is 3. The molecule has 8 heteroatoms. The molecule has 4 nitrogen and oxygen atoms in total. The van der Waals surface area contributed by atoms with Gasteiger partial charge in [0.15, 0.2) is 0 Å². The lowest BCUT2D eigenvalue weighted by Crippen LogP contribution is -2.52. The predicted octanol–water partition coefficient (Wildman–Crippen LogP) is 7.58. The molecule has 38 heavy (non-hydrogen) atoms. The molecule has 0 saturated heterocycles. The van der Waals surface area contributed by atoms with Gasteiger partial charge in [-0.05, 0) is 53.8 Å². The maximum absolute atomic E-state index is 13.8. The van der Waals surface area contributed by atoms with E-state index in [1.165, 1.54) is 11.8 Å². The zero-order valence-corrected chi connectivity index (χ0v) is 24.1. The molecule has 1 atom stereocenters. The third kappa shape index (κ3) is 8.41. The third-order valence-electron chi connectivity index (χ3n) is 6.72. The lowest BCUT2D eigenvalue weighted by atomic mass is 10.0. The molecule has 200 valence electrons. The fourth-order valence-electron chi connectivity index (χ4n) is 4.68. The Morgan fingerprint density at radius 1 is 0.868 bits per heavy atom. The van der Waals surface area contributed by atoms with Gasteiger partial charge in [0.1, 0.15) is 6.04 Å². The van der Waals surface area contributed by atoms with E-state index in [0.717, 1.165) is 42.4 Å². The molecular formula is C30H31Cl3N2O2S. The molecule has 0 radical (unpaired) electrons. The molecule has 0 heterocycles. The number of benzene rings is 3. The number of carbonyl (C=O) groups excluding carboxylic acids is 2. The van der Waals surface area contributed by atoms with Gasteiger partial charge in [-0.15, -0.1) is 11.8 Å². The first-order chi connectivity index (χ1) is 18.4. The summed E-state index contributed by atoms with van der Waals surface area (Å²) in [5.41, 5.74) is 2.91. The van der Waals surface area contributed by atoms with Crippen molar-refractivity contribution in [3.63, 3.8) is 0 Å². The van der Waals surface area contributed by atoms with Crippen LogP contribution in [-0.2, 0) is 28.3 Å². The molecule has 1 saturated carbocycles. The highest BCUT2D eigenvalue weighted by atomic mass is 35.5. The summed E-state index contributed by atoms with van der Waals surface area (Å²) in [6.45, 7) is 0.257. The van der Waals surface area contributed by atoms with Crippen molar-refractivity contribution in [2.24, 2.45) is 0 Å². The van der Waals surface area contributed by atoms with Crippen LogP contribution in [0.25, 0.3) is 0 Å². The van der Waals surface area contributed by atoms with Crippen molar-refractivity contribution in [3.05, 3.63) is 105 Å². The predicted molar refractivity (Wildman–Crippen MR) is 159 cm³/mol. The van der Waals surface area contributed by atoms with E-state index in [0.29, 0.717) is 27.2 Å². The van der Waals surface area contributed by atoms with E-state index in [2.05, 4.69) is 5.32 Å². The summed E-state index contributed by atoms with van der Waals surface area (Å²) in [4.78, 5) is 29.2. The molecule has 3 aromatic rings. The molecule has 1 aliphatic rings. The van der Waals surface area contributed by atoms with Crippen LogP contribution in [-0.4, -0.2) is 34.6 Å². The van der Waals surface area contributed by atoms with Gasteiger partial charge in [-0.2, -0.15) is 0 Å². The normalized spacial score (nSPS) is 14.3. The molecule has 0 bridgehead atoms. The Kier molecular flexibility index (Phi) is 10.8. The van der Waals surface area contributed by atoms with Crippen LogP contribution < -0.4 is 5.32 Å². The minimum atomic E-state index is -0.656. The van der Waals surface area contributed by atoms with Crippen molar-refractivity contribution in [2.45, 2.75) is 56.5 Å². The molecule has 1 N–H and O–H groups in total. The van der Waals surface area contributed by atoms with Crippen molar-refractivity contribution in [1.29, 1.82) is 0 Å². The van der Waals surface area contributed by atoms with Gasteiger partial charge in [-0.25, -0.2) is 0 Å². The molecule has 4 rings (SSSR count). The van der Waals surface area contributed by atoms with E-state index in [1.807, 2.05) is 60.7 Å². The van der Waals surface area contributed by atoms with E-state index in [-0.39, 0.29) is 30.2 Å². The Bertz CT molecular complexity index is 1220. The second-order valence-electron chi connectivity index (χ2n) is 9.58. The second-order valence-corrected chi connectivity index (χ2v) is 11.8. The van der Waals surface area contributed by atoms with E-state index in [4.69, 9.17) is 34.8 Å². The van der Waals surface area contributed by atoms with Gasteiger partial charge in [0.25, 0.3) is 0 Å². The lowest BCUT2D eigenvalue weighted by Gasteiger charge is -2.32. The van der Waals surface area contributed by atoms with Gasteiger partial charge in [0, 0.05) is 29.8 Å². The number of nitrogens with one attached hydrogen (secondary N) is 1. The number of hydrogen-bond acceptors (Lipinski definition) is 3. The first-order valence-corrected chi connectivity index (χ1v) is 15.1. The number of rotatable bonds is 11. The highest BCUT2D eigenvalue weighted by Crippen LogP contribution is 2.26. The number of amides is 2. The Hall–Kier alpha value is -2.18. The van der Waals surface area contributed by atoms with Gasteiger partial charge in [-0.3, -0.25) is 9.59 Å². The van der Waals surface area contributed by atoms with E-state index in [9.17, 15) is 9.59 Å². The Morgan fingerprint density at radius 2 is 1.55 bits per heavy atom. The van der Waals surface area contributed by atoms with E-state index in [1.54, 1.807) is 17.0 Å². The molecular weight excluding hydrogens is 559 g/mol. The van der Waals surface area contributed by atoms with Crippen molar-refractivity contribution >= 4 is 58.4 Å². The molecule has 1 unspecified atom stereocenters. The van der Waals surface area contributed by atoms with Gasteiger partial charge in [-0.1, -0.05) is 96.2 Å². The van der Waals surface area contributed by atoms with Crippen LogP contribution in [0.15, 0.2) is 72.8 Å². The molecule has 0 aromatic heterocycles. The van der Waals surface area contributed by atoms with Crippen molar-refractivity contribution in [3.8, 4) is 0 Å². The van der Waals surface area contributed by atoms with Crippen LogP contribution in [0, 0.1) is 0 Å². The lowest BCUT2D eigenvalue weighted by molar-refractivity contribution is -0.139. The Morgan fingerprint density at radius 3 is 2.24 bits per heavy atom. The largest absolute Gasteiger partial charge is 0.352 e. The minimum Gasteiger partial charge on any atom is -0.352 e.